The van der Waals surface area contributed by atoms with Crippen LogP contribution >= 0.6 is 0 Å². The van der Waals surface area contributed by atoms with Gasteiger partial charge in [-0.15, -0.1) is 0 Å². The summed E-state index contributed by atoms with van der Waals surface area (Å²) in [5, 5.41) is 0. The summed E-state index contributed by atoms with van der Waals surface area (Å²) in [7, 11) is -5.20. The Kier molecular flexibility index (Phi) is 7.71. The summed E-state index contributed by atoms with van der Waals surface area (Å²) in [6, 6.07) is 5.94. The standard InChI is InChI=1S/C24H28F5N3O3S/c1-14-7-16(12-18(25)8-14)17-9-15(10-19(26)13-17)11-21-20(31-36(30,34)24(27,28)29)5-6-32(21)22(33)35-23(2,3)4/h7-10,12-13,20-21H,5-6,11H2,1-4H3,(H2,30,31,34)/t20-,21-,36?/m0/s1. The van der Waals surface area contributed by atoms with Gasteiger partial charge in [-0.25, -0.2) is 27.3 Å². The molecule has 0 saturated carbocycles. The number of carbonyl (C=O) groups excluding carboxylic acids is 1. The molecule has 2 aromatic carbocycles. The number of benzene rings is 2. The van der Waals surface area contributed by atoms with E-state index in [4.69, 9.17) is 9.52 Å². The van der Waals surface area contributed by atoms with Crippen molar-refractivity contribution in [3.05, 3.63) is 59.2 Å². The van der Waals surface area contributed by atoms with Crippen LogP contribution in [0.5, 0.6) is 0 Å². The van der Waals surface area contributed by atoms with Crippen molar-refractivity contribution in [1.82, 2.24) is 9.62 Å². The number of alkyl halides is 3. The molecule has 1 amide bonds. The smallest absolute Gasteiger partial charge is 0.444 e. The normalized spacial score (nSPS) is 20.3. The van der Waals surface area contributed by atoms with Crippen molar-refractivity contribution in [1.29, 1.82) is 4.78 Å². The Labute approximate surface area is 206 Å². The monoisotopic (exact) mass is 533 g/mol. The third-order valence-electron chi connectivity index (χ3n) is 5.59. The number of nitrogens with zero attached hydrogens (tertiary/aromatic N) is 1. The highest BCUT2D eigenvalue weighted by molar-refractivity contribution is 7.91. The van der Waals surface area contributed by atoms with E-state index in [1.54, 1.807) is 39.8 Å². The van der Waals surface area contributed by atoms with Gasteiger partial charge in [0.15, 0.2) is 0 Å². The Morgan fingerprint density at radius 3 is 2.22 bits per heavy atom. The Bertz CT molecular complexity index is 1220. The molecular weight excluding hydrogens is 505 g/mol. The summed E-state index contributed by atoms with van der Waals surface area (Å²) < 4.78 is 94.6. The largest absolute Gasteiger partial charge is 0.492 e. The minimum Gasteiger partial charge on any atom is -0.444 e. The van der Waals surface area contributed by atoms with Gasteiger partial charge in [0.2, 0.25) is 9.92 Å². The van der Waals surface area contributed by atoms with Crippen LogP contribution in [-0.4, -0.2) is 44.9 Å². The maximum atomic E-state index is 14.6. The van der Waals surface area contributed by atoms with Crippen LogP contribution in [0.15, 0.2) is 36.4 Å². The molecule has 1 saturated heterocycles. The van der Waals surface area contributed by atoms with Gasteiger partial charge in [-0.2, -0.15) is 13.2 Å². The lowest BCUT2D eigenvalue weighted by atomic mass is 9.96. The van der Waals surface area contributed by atoms with Crippen molar-refractivity contribution in [3.8, 4) is 11.1 Å². The lowest BCUT2D eigenvalue weighted by Gasteiger charge is -2.31. The maximum absolute atomic E-state index is 14.6. The van der Waals surface area contributed by atoms with Gasteiger partial charge >= 0.3 is 11.6 Å². The minimum absolute atomic E-state index is 0.0180. The van der Waals surface area contributed by atoms with Gasteiger partial charge in [0, 0.05) is 12.6 Å². The number of ether oxygens (including phenoxy) is 1. The predicted octanol–water partition coefficient (Wildman–Crippen LogP) is 5.93. The van der Waals surface area contributed by atoms with E-state index in [9.17, 15) is 31.0 Å². The van der Waals surface area contributed by atoms with Gasteiger partial charge in [0.05, 0.1) is 6.04 Å². The molecular formula is C24H28F5N3O3S. The third kappa shape index (κ3) is 6.73. The number of hydrogen-bond donors (Lipinski definition) is 2. The van der Waals surface area contributed by atoms with Crippen molar-refractivity contribution < 1.29 is 35.7 Å². The van der Waals surface area contributed by atoms with Crippen molar-refractivity contribution in [3.63, 3.8) is 0 Å². The topological polar surface area (TPSA) is 82.5 Å². The van der Waals surface area contributed by atoms with Crippen molar-refractivity contribution in [2.24, 2.45) is 0 Å². The average molecular weight is 534 g/mol. The zero-order valence-electron chi connectivity index (χ0n) is 20.2. The van der Waals surface area contributed by atoms with Gasteiger partial charge in [-0.05, 0) is 87.1 Å². The Morgan fingerprint density at radius 1 is 1.08 bits per heavy atom. The summed E-state index contributed by atoms with van der Waals surface area (Å²) >= 11 is 0. The van der Waals surface area contributed by atoms with E-state index in [-0.39, 0.29) is 19.4 Å². The molecule has 2 N–H and O–H groups in total. The number of likely N-dealkylation sites (tertiary alicyclic amines) is 1. The lowest BCUT2D eigenvalue weighted by molar-refractivity contribution is -0.0421. The quantitative estimate of drug-likeness (QED) is 0.468. The van der Waals surface area contributed by atoms with Crippen LogP contribution in [0, 0.1) is 23.3 Å². The molecule has 3 atom stereocenters. The summed E-state index contributed by atoms with van der Waals surface area (Å²) in [6.45, 7) is 6.55. The molecule has 0 spiro atoms. The van der Waals surface area contributed by atoms with Crippen LogP contribution in [0.4, 0.5) is 26.7 Å². The molecule has 3 rings (SSSR count). The van der Waals surface area contributed by atoms with Crippen LogP contribution in [-0.2, 0) is 21.1 Å². The van der Waals surface area contributed by atoms with Crippen LogP contribution in [0.25, 0.3) is 11.1 Å². The first-order valence-corrected chi connectivity index (χ1v) is 12.7. The fraction of sp³-hybridized carbons (Fsp3) is 0.458. The fourth-order valence-corrected chi connectivity index (χ4v) is 4.99. The predicted molar refractivity (Wildman–Crippen MR) is 125 cm³/mol. The number of amides is 1. The number of halogens is 5. The molecule has 1 unspecified atom stereocenters. The van der Waals surface area contributed by atoms with Crippen LogP contribution in [0.1, 0.15) is 38.3 Å². The Balaban J connectivity index is 1.98. The molecule has 0 aliphatic carbocycles. The second-order valence-corrected chi connectivity index (χ2v) is 11.6. The second-order valence-electron chi connectivity index (χ2n) is 9.83. The van der Waals surface area contributed by atoms with Crippen molar-refractivity contribution >= 4 is 16.0 Å². The van der Waals surface area contributed by atoms with E-state index in [1.807, 2.05) is 4.72 Å². The first kappa shape index (κ1) is 27.9. The van der Waals surface area contributed by atoms with Crippen LogP contribution in [0.2, 0.25) is 0 Å². The fourth-order valence-electron chi connectivity index (χ4n) is 4.15. The summed E-state index contributed by atoms with van der Waals surface area (Å²) in [6.07, 6.45) is -0.942. The molecule has 0 aromatic heterocycles. The van der Waals surface area contributed by atoms with Gasteiger partial charge in [0.1, 0.15) is 17.2 Å². The van der Waals surface area contributed by atoms with E-state index in [0.29, 0.717) is 22.3 Å². The minimum atomic E-state index is -5.32. The van der Waals surface area contributed by atoms with E-state index in [0.717, 1.165) is 0 Å². The van der Waals surface area contributed by atoms with E-state index in [2.05, 4.69) is 0 Å². The lowest BCUT2D eigenvalue weighted by Crippen LogP contribution is -2.51. The van der Waals surface area contributed by atoms with Gasteiger partial charge in [-0.3, -0.25) is 0 Å². The number of carbonyl (C=O) groups is 1. The Morgan fingerprint density at radius 2 is 1.67 bits per heavy atom. The summed E-state index contributed by atoms with van der Waals surface area (Å²) in [5.74, 6) is -1.17. The molecule has 1 aliphatic heterocycles. The number of nitrogens with one attached hydrogen (secondary N) is 2. The molecule has 2 aromatic rings. The SMILES string of the molecule is Cc1cc(F)cc(-c2cc(F)cc(C[C@H]3[C@@H](NS(=N)(=O)C(F)(F)F)CCN3C(=O)OC(C)(C)C)c2)c1. The van der Waals surface area contributed by atoms with Gasteiger partial charge in [0.25, 0.3) is 0 Å². The highest BCUT2D eigenvalue weighted by Gasteiger charge is 2.47. The first-order valence-electron chi connectivity index (χ1n) is 11.1. The third-order valence-corrected chi connectivity index (χ3v) is 6.88. The molecule has 0 bridgehead atoms. The molecule has 6 nitrogen and oxygen atoms in total. The second kappa shape index (κ2) is 9.97. The van der Waals surface area contributed by atoms with E-state index in [1.165, 1.54) is 29.2 Å². The maximum Gasteiger partial charge on any atom is 0.492 e. The molecule has 1 fully saturated rings. The highest BCUT2D eigenvalue weighted by atomic mass is 32.2. The zero-order chi connectivity index (χ0) is 27.1. The molecule has 1 heterocycles. The molecule has 36 heavy (non-hydrogen) atoms. The number of rotatable bonds is 5. The average Bonchev–Trinajstić information content (AvgIpc) is 3.06. The first-order chi connectivity index (χ1) is 16.4. The Hall–Kier alpha value is -2.73. The highest BCUT2D eigenvalue weighted by Crippen LogP contribution is 2.31. The molecule has 12 heteroatoms. The van der Waals surface area contributed by atoms with Crippen LogP contribution < -0.4 is 4.72 Å². The molecule has 0 radical (unpaired) electrons. The van der Waals surface area contributed by atoms with Gasteiger partial charge in [-0.1, -0.05) is 12.1 Å². The van der Waals surface area contributed by atoms with Gasteiger partial charge < -0.3 is 9.64 Å². The number of aryl methyl sites for hydroxylation is 1. The molecule has 198 valence electrons. The summed E-state index contributed by atoms with van der Waals surface area (Å²) in [4.78, 5) is 14.0. The van der Waals surface area contributed by atoms with Crippen molar-refractivity contribution in [2.45, 2.75) is 63.7 Å². The van der Waals surface area contributed by atoms with E-state index >= 15 is 0 Å². The zero-order valence-corrected chi connectivity index (χ0v) is 21.0. The summed E-state index contributed by atoms with van der Waals surface area (Å²) in [5.41, 5.74) is -4.52. The van der Waals surface area contributed by atoms with Crippen LogP contribution in [0.3, 0.4) is 0 Å². The number of hydrogen-bond acceptors (Lipinski definition) is 4. The van der Waals surface area contributed by atoms with E-state index < -0.39 is 50.8 Å². The van der Waals surface area contributed by atoms with Crippen molar-refractivity contribution in [2.75, 3.05) is 6.54 Å². The molecule has 1 aliphatic rings.